The molecule has 5 heteroatoms. The van der Waals surface area contributed by atoms with Crippen LogP contribution in [0.1, 0.15) is 42.5 Å². The normalized spacial score (nSPS) is 18.3. The number of ether oxygens (including phenoxy) is 2. The van der Waals surface area contributed by atoms with Gasteiger partial charge in [-0.25, -0.2) is 0 Å². The minimum absolute atomic E-state index is 0.0252. The predicted molar refractivity (Wildman–Crippen MR) is 75.1 cm³/mol. The number of methoxy groups -OCH3 is 2. The van der Waals surface area contributed by atoms with Gasteiger partial charge in [0.1, 0.15) is 11.4 Å². The zero-order valence-electron chi connectivity index (χ0n) is 12.3. The first-order valence-corrected chi connectivity index (χ1v) is 7.09. The minimum atomic E-state index is -3.53. The average molecular weight is 298 g/mol. The fourth-order valence-corrected chi connectivity index (χ4v) is 2.90. The van der Waals surface area contributed by atoms with Crippen LogP contribution in [0.25, 0.3) is 0 Å². The van der Waals surface area contributed by atoms with Crippen LogP contribution in [0, 0.1) is 0 Å². The third-order valence-corrected chi connectivity index (χ3v) is 4.26. The van der Waals surface area contributed by atoms with Crippen LogP contribution in [-0.4, -0.2) is 31.5 Å². The molecule has 1 aliphatic rings. The summed E-state index contributed by atoms with van der Waals surface area (Å²) >= 11 is 0. The smallest absolute Gasteiger partial charge is 0.337 e. The number of benzene rings is 1. The standard InChI is InChI=1S/C16H20F2O3/c1-20-13-8-6-12(7-9-13)14(19)16(17,18)15(21-2)10-4-3-5-11-15/h6-9H,3-5,10-11H2,1-2H3. The lowest BCUT2D eigenvalue weighted by molar-refractivity contribution is -0.182. The van der Waals surface area contributed by atoms with E-state index < -0.39 is 17.3 Å². The summed E-state index contributed by atoms with van der Waals surface area (Å²) in [6.07, 6.45) is 2.62. The highest BCUT2D eigenvalue weighted by atomic mass is 19.3. The first-order valence-electron chi connectivity index (χ1n) is 7.09. The maximum atomic E-state index is 14.7. The molecule has 1 fully saturated rings. The largest absolute Gasteiger partial charge is 0.497 e. The van der Waals surface area contributed by atoms with Gasteiger partial charge in [0.25, 0.3) is 0 Å². The van der Waals surface area contributed by atoms with Crippen LogP contribution >= 0.6 is 0 Å². The van der Waals surface area contributed by atoms with E-state index in [1.54, 1.807) is 0 Å². The van der Waals surface area contributed by atoms with E-state index in [4.69, 9.17) is 9.47 Å². The van der Waals surface area contributed by atoms with Gasteiger partial charge in [-0.1, -0.05) is 19.3 Å². The molecule has 3 nitrogen and oxygen atoms in total. The van der Waals surface area contributed by atoms with Crippen molar-refractivity contribution in [2.45, 2.75) is 43.6 Å². The maximum absolute atomic E-state index is 14.7. The van der Waals surface area contributed by atoms with Crippen LogP contribution in [0.3, 0.4) is 0 Å². The topological polar surface area (TPSA) is 35.5 Å². The Balaban J connectivity index is 2.29. The van der Waals surface area contributed by atoms with Crippen molar-refractivity contribution in [2.24, 2.45) is 0 Å². The Bertz CT molecular complexity index is 491. The number of halogens is 2. The molecule has 1 aromatic rings. The SMILES string of the molecule is COc1ccc(C(=O)C(F)(F)C2(OC)CCCCC2)cc1. The van der Waals surface area contributed by atoms with Crippen molar-refractivity contribution in [1.82, 2.24) is 0 Å². The van der Waals surface area contributed by atoms with E-state index in [-0.39, 0.29) is 18.4 Å². The van der Waals surface area contributed by atoms with E-state index in [9.17, 15) is 13.6 Å². The molecule has 0 spiro atoms. The van der Waals surface area contributed by atoms with Gasteiger partial charge in [-0.2, -0.15) is 8.78 Å². The Labute approximate surface area is 123 Å². The van der Waals surface area contributed by atoms with E-state index >= 15 is 0 Å². The summed E-state index contributed by atoms with van der Waals surface area (Å²) in [5.41, 5.74) is -1.70. The second kappa shape index (κ2) is 6.10. The number of carbonyl (C=O) groups is 1. The molecule has 0 amide bonds. The molecule has 116 valence electrons. The summed E-state index contributed by atoms with van der Waals surface area (Å²) < 4.78 is 39.5. The molecule has 1 aliphatic carbocycles. The summed E-state index contributed by atoms with van der Waals surface area (Å²) in [6, 6.07) is 5.73. The second-order valence-electron chi connectivity index (χ2n) is 5.39. The number of rotatable bonds is 5. The van der Waals surface area contributed by atoms with Gasteiger partial charge in [-0.3, -0.25) is 4.79 Å². The Morgan fingerprint density at radius 1 is 1.10 bits per heavy atom. The highest BCUT2D eigenvalue weighted by molar-refractivity contribution is 6.02. The van der Waals surface area contributed by atoms with Crippen molar-refractivity contribution in [3.63, 3.8) is 0 Å². The molecule has 0 N–H and O–H groups in total. The molecular formula is C16H20F2O3. The van der Waals surface area contributed by atoms with E-state index in [1.807, 2.05) is 0 Å². The van der Waals surface area contributed by atoms with Crippen LogP contribution in [0.15, 0.2) is 24.3 Å². The fourth-order valence-electron chi connectivity index (χ4n) is 2.90. The van der Waals surface area contributed by atoms with E-state index in [0.717, 1.165) is 6.42 Å². The molecule has 0 aromatic heterocycles. The Hall–Kier alpha value is -1.49. The van der Waals surface area contributed by atoms with Crippen molar-refractivity contribution in [3.8, 4) is 5.75 Å². The third-order valence-electron chi connectivity index (χ3n) is 4.26. The van der Waals surface area contributed by atoms with Crippen molar-refractivity contribution >= 4 is 5.78 Å². The molecular weight excluding hydrogens is 278 g/mol. The number of hydrogen-bond acceptors (Lipinski definition) is 3. The molecule has 2 rings (SSSR count). The Morgan fingerprint density at radius 2 is 1.67 bits per heavy atom. The molecule has 0 unspecified atom stereocenters. The Morgan fingerprint density at radius 3 is 2.14 bits per heavy atom. The third kappa shape index (κ3) is 2.79. The van der Waals surface area contributed by atoms with Crippen molar-refractivity contribution in [3.05, 3.63) is 29.8 Å². The first kappa shape index (κ1) is 15.9. The summed E-state index contributed by atoms with van der Waals surface area (Å²) in [6.45, 7) is 0. The molecule has 0 atom stereocenters. The van der Waals surface area contributed by atoms with Crippen LogP contribution in [-0.2, 0) is 4.74 Å². The molecule has 21 heavy (non-hydrogen) atoms. The Kier molecular flexibility index (Phi) is 4.61. The molecule has 1 saturated carbocycles. The van der Waals surface area contributed by atoms with Gasteiger partial charge < -0.3 is 9.47 Å². The lowest BCUT2D eigenvalue weighted by atomic mass is 9.77. The van der Waals surface area contributed by atoms with Crippen LogP contribution < -0.4 is 4.74 Å². The van der Waals surface area contributed by atoms with Crippen molar-refractivity contribution in [1.29, 1.82) is 0 Å². The van der Waals surface area contributed by atoms with E-state index in [1.165, 1.54) is 38.5 Å². The van der Waals surface area contributed by atoms with Gasteiger partial charge in [-0.15, -0.1) is 0 Å². The quantitative estimate of drug-likeness (QED) is 0.774. The molecule has 0 heterocycles. The molecule has 0 aliphatic heterocycles. The zero-order valence-corrected chi connectivity index (χ0v) is 12.3. The highest BCUT2D eigenvalue weighted by Crippen LogP contribution is 2.44. The number of Topliss-reactive ketones (excluding diaryl/α,β-unsaturated/α-hetero) is 1. The van der Waals surface area contributed by atoms with Gasteiger partial charge in [0.05, 0.1) is 7.11 Å². The van der Waals surface area contributed by atoms with Gasteiger partial charge >= 0.3 is 5.92 Å². The second-order valence-corrected chi connectivity index (χ2v) is 5.39. The van der Waals surface area contributed by atoms with Gasteiger partial charge in [-0.05, 0) is 37.1 Å². The lowest BCUT2D eigenvalue weighted by Gasteiger charge is -2.41. The van der Waals surface area contributed by atoms with Crippen LogP contribution in [0.5, 0.6) is 5.75 Å². The number of carbonyl (C=O) groups excluding carboxylic acids is 1. The number of hydrogen-bond donors (Lipinski definition) is 0. The summed E-state index contributed by atoms with van der Waals surface area (Å²) in [4.78, 5) is 12.3. The maximum Gasteiger partial charge on any atom is 0.337 e. The van der Waals surface area contributed by atoms with E-state index in [2.05, 4.69) is 0 Å². The highest BCUT2D eigenvalue weighted by Gasteiger charge is 2.59. The number of ketones is 1. The summed E-state index contributed by atoms with van der Waals surface area (Å²) in [7, 11) is 2.74. The van der Waals surface area contributed by atoms with E-state index in [0.29, 0.717) is 18.6 Å². The van der Waals surface area contributed by atoms with Crippen LogP contribution in [0.4, 0.5) is 8.78 Å². The van der Waals surface area contributed by atoms with Gasteiger partial charge in [0, 0.05) is 12.7 Å². The van der Waals surface area contributed by atoms with Crippen LogP contribution in [0.2, 0.25) is 0 Å². The predicted octanol–water partition coefficient (Wildman–Crippen LogP) is 3.86. The minimum Gasteiger partial charge on any atom is -0.497 e. The molecule has 1 aromatic carbocycles. The molecule has 0 radical (unpaired) electrons. The summed E-state index contributed by atoms with van der Waals surface area (Å²) in [5, 5.41) is 0. The van der Waals surface area contributed by atoms with Crippen molar-refractivity contribution < 1.29 is 23.0 Å². The fraction of sp³-hybridized carbons (Fsp3) is 0.562. The van der Waals surface area contributed by atoms with Crippen molar-refractivity contribution in [2.75, 3.05) is 14.2 Å². The average Bonchev–Trinajstić information content (AvgIpc) is 2.54. The lowest BCUT2D eigenvalue weighted by Crippen LogP contribution is -2.55. The summed E-state index contributed by atoms with van der Waals surface area (Å²) in [5.74, 6) is -4.19. The first-order chi connectivity index (χ1) is 9.97. The number of alkyl halides is 2. The molecule has 0 saturated heterocycles. The molecule has 0 bridgehead atoms. The van der Waals surface area contributed by atoms with Gasteiger partial charge in [0.2, 0.25) is 5.78 Å². The monoisotopic (exact) mass is 298 g/mol. The van der Waals surface area contributed by atoms with Gasteiger partial charge in [0.15, 0.2) is 0 Å². The zero-order chi connectivity index (χ0) is 15.5.